The molecule has 0 radical (unpaired) electrons. The summed E-state index contributed by atoms with van der Waals surface area (Å²) in [5.74, 6) is 0. The molecule has 0 spiro atoms. The maximum Gasteiger partial charge on any atom is 0.176 e. The van der Waals surface area contributed by atoms with Gasteiger partial charge >= 0.3 is 0 Å². The molecule has 0 amide bonds. The summed E-state index contributed by atoms with van der Waals surface area (Å²) in [6.45, 7) is 0. The first kappa shape index (κ1) is 6.86. The van der Waals surface area contributed by atoms with Crippen LogP contribution in [0.1, 0.15) is 0 Å². The van der Waals surface area contributed by atoms with Crippen LogP contribution in [0.4, 0.5) is 0 Å². The molecule has 0 aromatic rings. The van der Waals surface area contributed by atoms with Crippen LogP contribution in [-0.2, 0) is 4.74 Å². The zero-order chi connectivity index (χ0) is 8.39. The summed E-state index contributed by atoms with van der Waals surface area (Å²) in [6, 6.07) is 2.10. The Bertz CT molecular complexity index is 355. The van der Waals surface area contributed by atoms with Gasteiger partial charge in [0.2, 0.25) is 0 Å². The van der Waals surface area contributed by atoms with Crippen LogP contribution in [-0.4, -0.2) is 12.4 Å². The minimum atomic E-state index is 0.0378. The van der Waals surface area contributed by atoms with Crippen LogP contribution in [0.15, 0.2) is 40.6 Å². The second kappa shape index (κ2) is 2.67. The van der Waals surface area contributed by atoms with Gasteiger partial charge in [0.05, 0.1) is 23.9 Å². The number of aliphatic imine (C=N–C) groups is 1. The molecule has 1 atom stereocenters. The summed E-state index contributed by atoms with van der Waals surface area (Å²) >= 11 is 0. The van der Waals surface area contributed by atoms with Gasteiger partial charge in [-0.15, -0.1) is 0 Å². The van der Waals surface area contributed by atoms with E-state index in [-0.39, 0.29) is 6.04 Å². The Hall–Kier alpha value is -1.82. The molecule has 0 aromatic heterocycles. The van der Waals surface area contributed by atoms with Crippen LogP contribution in [0, 0.1) is 11.3 Å². The zero-order valence-corrected chi connectivity index (χ0v) is 6.27. The average Bonchev–Trinajstić information content (AvgIpc) is 2.17. The number of ether oxygens (including phenoxy) is 1. The third-order valence-electron chi connectivity index (χ3n) is 1.74. The largest absolute Gasteiger partial charge is 0.453 e. The van der Waals surface area contributed by atoms with Crippen molar-refractivity contribution < 1.29 is 4.74 Å². The first-order valence-electron chi connectivity index (χ1n) is 3.57. The lowest BCUT2D eigenvalue weighted by molar-refractivity contribution is 0.470. The summed E-state index contributed by atoms with van der Waals surface area (Å²) in [4.78, 5) is 4.06. The Kier molecular flexibility index (Phi) is 1.52. The number of fused-ring (bicyclic) bond motifs is 1. The molecular formula is C9H6N2O. The fourth-order valence-electron chi connectivity index (χ4n) is 1.14. The van der Waals surface area contributed by atoms with Crippen molar-refractivity contribution in [2.24, 2.45) is 4.99 Å². The van der Waals surface area contributed by atoms with Gasteiger partial charge in [-0.3, -0.25) is 0 Å². The van der Waals surface area contributed by atoms with Crippen molar-refractivity contribution >= 4 is 6.40 Å². The highest BCUT2D eigenvalue weighted by molar-refractivity contribution is 5.56. The fourth-order valence-corrected chi connectivity index (χ4v) is 1.14. The third-order valence-corrected chi connectivity index (χ3v) is 1.74. The Morgan fingerprint density at radius 1 is 1.58 bits per heavy atom. The highest BCUT2D eigenvalue weighted by atomic mass is 16.5. The monoisotopic (exact) mass is 158 g/mol. The van der Waals surface area contributed by atoms with Gasteiger partial charge in [-0.2, -0.15) is 5.26 Å². The molecule has 58 valence electrons. The van der Waals surface area contributed by atoms with Gasteiger partial charge in [0.25, 0.3) is 0 Å². The lowest BCUT2D eigenvalue weighted by Crippen LogP contribution is -2.11. The van der Waals surface area contributed by atoms with Crippen LogP contribution in [0.3, 0.4) is 0 Å². The van der Waals surface area contributed by atoms with E-state index in [4.69, 9.17) is 10.00 Å². The van der Waals surface area contributed by atoms with Gasteiger partial charge in [0, 0.05) is 5.57 Å². The number of hydrogen-bond acceptors (Lipinski definition) is 3. The lowest BCUT2D eigenvalue weighted by atomic mass is 9.99. The molecule has 0 aromatic carbocycles. The number of rotatable bonds is 0. The van der Waals surface area contributed by atoms with Gasteiger partial charge in [-0.05, 0) is 12.2 Å². The Morgan fingerprint density at radius 3 is 3.33 bits per heavy atom. The zero-order valence-electron chi connectivity index (χ0n) is 6.27. The smallest absolute Gasteiger partial charge is 0.176 e. The minimum absolute atomic E-state index is 0.0378. The van der Waals surface area contributed by atoms with Crippen LogP contribution in [0.5, 0.6) is 0 Å². The van der Waals surface area contributed by atoms with E-state index >= 15 is 0 Å². The van der Waals surface area contributed by atoms with E-state index in [9.17, 15) is 0 Å². The molecule has 1 aliphatic carbocycles. The molecule has 1 aliphatic heterocycles. The first-order valence-corrected chi connectivity index (χ1v) is 3.57. The van der Waals surface area contributed by atoms with E-state index in [0.717, 1.165) is 5.57 Å². The topological polar surface area (TPSA) is 45.4 Å². The van der Waals surface area contributed by atoms with E-state index in [1.165, 1.54) is 6.40 Å². The standard InChI is InChI=1S/C9H6N2O/c10-4-7-1-2-9-8(3-7)5-12-6-11-9/h1-3,5-6,9H. The van der Waals surface area contributed by atoms with Gasteiger partial charge in [0.1, 0.15) is 0 Å². The minimum Gasteiger partial charge on any atom is -0.453 e. The van der Waals surface area contributed by atoms with Crippen LogP contribution in [0.2, 0.25) is 0 Å². The van der Waals surface area contributed by atoms with E-state index in [1.54, 1.807) is 18.4 Å². The van der Waals surface area contributed by atoms with Crippen molar-refractivity contribution in [1.29, 1.82) is 5.26 Å². The molecule has 0 fully saturated rings. The van der Waals surface area contributed by atoms with E-state index in [2.05, 4.69) is 11.1 Å². The Labute approximate surface area is 70.0 Å². The van der Waals surface area contributed by atoms with Gasteiger partial charge in [-0.25, -0.2) is 4.99 Å². The molecular weight excluding hydrogens is 152 g/mol. The molecule has 0 saturated heterocycles. The molecule has 1 heterocycles. The first-order chi connectivity index (χ1) is 5.90. The quantitative estimate of drug-likeness (QED) is 0.533. The van der Waals surface area contributed by atoms with Crippen molar-refractivity contribution in [3.05, 3.63) is 35.6 Å². The predicted octanol–water partition coefficient (Wildman–Crippen LogP) is 1.32. The Balaban J connectivity index is 2.34. The van der Waals surface area contributed by atoms with Crippen LogP contribution >= 0.6 is 0 Å². The Morgan fingerprint density at radius 2 is 2.50 bits per heavy atom. The predicted molar refractivity (Wildman–Crippen MR) is 44.3 cm³/mol. The van der Waals surface area contributed by atoms with Crippen LogP contribution < -0.4 is 0 Å². The lowest BCUT2D eigenvalue weighted by Gasteiger charge is -2.15. The average molecular weight is 158 g/mol. The van der Waals surface area contributed by atoms with E-state index < -0.39 is 0 Å². The molecule has 1 unspecified atom stereocenters. The molecule has 0 N–H and O–H groups in total. The van der Waals surface area contributed by atoms with Gasteiger partial charge < -0.3 is 4.74 Å². The molecule has 2 rings (SSSR count). The second-order valence-corrected chi connectivity index (χ2v) is 2.52. The number of hydrogen-bond donors (Lipinski definition) is 0. The van der Waals surface area contributed by atoms with Crippen LogP contribution in [0.25, 0.3) is 0 Å². The number of nitriles is 1. The van der Waals surface area contributed by atoms with Crippen molar-refractivity contribution in [2.75, 3.05) is 0 Å². The number of nitrogens with zero attached hydrogens (tertiary/aromatic N) is 2. The molecule has 2 aliphatic rings. The summed E-state index contributed by atoms with van der Waals surface area (Å²) in [6.07, 6.45) is 8.44. The summed E-state index contributed by atoms with van der Waals surface area (Å²) < 4.78 is 4.89. The van der Waals surface area contributed by atoms with Crippen molar-refractivity contribution in [1.82, 2.24) is 0 Å². The van der Waals surface area contributed by atoms with Crippen molar-refractivity contribution in [3.8, 4) is 6.07 Å². The van der Waals surface area contributed by atoms with E-state index in [1.807, 2.05) is 6.08 Å². The maximum absolute atomic E-state index is 8.61. The second-order valence-electron chi connectivity index (χ2n) is 2.52. The molecule has 12 heavy (non-hydrogen) atoms. The molecule has 3 heteroatoms. The molecule has 0 saturated carbocycles. The van der Waals surface area contributed by atoms with Gasteiger partial charge in [-0.1, -0.05) is 6.08 Å². The highest BCUT2D eigenvalue weighted by Gasteiger charge is 2.14. The van der Waals surface area contributed by atoms with E-state index in [0.29, 0.717) is 5.57 Å². The van der Waals surface area contributed by atoms with Crippen molar-refractivity contribution in [3.63, 3.8) is 0 Å². The van der Waals surface area contributed by atoms with Crippen molar-refractivity contribution in [2.45, 2.75) is 6.04 Å². The maximum atomic E-state index is 8.61. The molecule has 3 nitrogen and oxygen atoms in total. The highest BCUT2D eigenvalue weighted by Crippen LogP contribution is 2.20. The summed E-state index contributed by atoms with van der Waals surface area (Å²) in [5.41, 5.74) is 1.56. The summed E-state index contributed by atoms with van der Waals surface area (Å²) in [7, 11) is 0. The van der Waals surface area contributed by atoms with Gasteiger partial charge in [0.15, 0.2) is 6.40 Å². The summed E-state index contributed by atoms with van der Waals surface area (Å²) in [5, 5.41) is 8.61. The fraction of sp³-hybridized carbons (Fsp3) is 0.111. The third kappa shape index (κ3) is 1.04. The molecule has 0 bridgehead atoms. The SMILES string of the molecule is N#CC1=CC2=COC=NC2C=C1. The normalized spacial score (nSPS) is 24.8. The number of allylic oxidation sites excluding steroid dienone is 2.